The van der Waals surface area contributed by atoms with Gasteiger partial charge in [0.2, 0.25) is 0 Å². The molecule has 1 aliphatic rings. The molecule has 0 unspecified atom stereocenters. The third kappa shape index (κ3) is 4.63. The molecule has 1 N–H and O–H groups in total. The van der Waals surface area contributed by atoms with Crippen LogP contribution >= 0.6 is 0 Å². The number of nitrogens with zero attached hydrogens (tertiary/aromatic N) is 1. The van der Waals surface area contributed by atoms with Gasteiger partial charge in [0.05, 0.1) is 14.2 Å². The van der Waals surface area contributed by atoms with Gasteiger partial charge in [0.15, 0.2) is 11.5 Å². The van der Waals surface area contributed by atoms with E-state index in [4.69, 9.17) is 9.47 Å². The highest BCUT2D eigenvalue weighted by atomic mass is 16.5. The number of ether oxygens (including phenoxy) is 2. The van der Waals surface area contributed by atoms with Gasteiger partial charge < -0.3 is 19.7 Å². The molecule has 148 valence electrons. The predicted molar refractivity (Wildman–Crippen MR) is 106 cm³/mol. The Bertz CT molecular complexity index is 836. The van der Waals surface area contributed by atoms with Crippen molar-refractivity contribution in [2.75, 3.05) is 27.3 Å². The fraction of sp³-hybridized carbons (Fsp3) is 0.364. The van der Waals surface area contributed by atoms with Crippen LogP contribution in [-0.2, 0) is 29.0 Å². The average molecular weight is 382 g/mol. The van der Waals surface area contributed by atoms with Crippen molar-refractivity contribution in [1.82, 2.24) is 10.2 Å². The van der Waals surface area contributed by atoms with E-state index >= 15 is 0 Å². The van der Waals surface area contributed by atoms with Crippen LogP contribution in [0.3, 0.4) is 0 Å². The zero-order chi connectivity index (χ0) is 19.9. The lowest BCUT2D eigenvalue weighted by atomic mass is 9.98. The first-order valence-corrected chi connectivity index (χ1v) is 9.47. The van der Waals surface area contributed by atoms with Gasteiger partial charge in [0.1, 0.15) is 0 Å². The van der Waals surface area contributed by atoms with Crippen molar-refractivity contribution in [3.05, 3.63) is 59.2 Å². The van der Waals surface area contributed by atoms with Gasteiger partial charge in [-0.15, -0.1) is 0 Å². The summed E-state index contributed by atoms with van der Waals surface area (Å²) in [5.74, 6) is 0.273. The summed E-state index contributed by atoms with van der Waals surface area (Å²) in [6.45, 7) is 1.39. The highest BCUT2D eigenvalue weighted by Gasteiger charge is 2.26. The SMILES string of the molecule is COc1cc2c(cc1OC)CN(C(=O)C(=O)NCCCc1ccccc1)CC2. The van der Waals surface area contributed by atoms with Gasteiger partial charge in [-0.1, -0.05) is 30.3 Å². The van der Waals surface area contributed by atoms with Crippen molar-refractivity contribution >= 4 is 11.8 Å². The largest absolute Gasteiger partial charge is 0.493 e. The Morgan fingerprint density at radius 2 is 1.71 bits per heavy atom. The molecule has 0 spiro atoms. The Labute approximate surface area is 165 Å². The van der Waals surface area contributed by atoms with Gasteiger partial charge >= 0.3 is 11.8 Å². The Kier molecular flexibility index (Phi) is 6.53. The number of hydrogen-bond acceptors (Lipinski definition) is 4. The van der Waals surface area contributed by atoms with Crippen LogP contribution in [0.25, 0.3) is 0 Å². The summed E-state index contributed by atoms with van der Waals surface area (Å²) >= 11 is 0. The molecule has 0 saturated heterocycles. The molecule has 6 heteroatoms. The van der Waals surface area contributed by atoms with E-state index in [1.165, 1.54) is 5.56 Å². The van der Waals surface area contributed by atoms with Crippen molar-refractivity contribution in [2.24, 2.45) is 0 Å². The van der Waals surface area contributed by atoms with Crippen molar-refractivity contribution in [1.29, 1.82) is 0 Å². The first-order chi connectivity index (χ1) is 13.6. The smallest absolute Gasteiger partial charge is 0.312 e. The Morgan fingerprint density at radius 3 is 2.39 bits per heavy atom. The van der Waals surface area contributed by atoms with Crippen LogP contribution in [0.2, 0.25) is 0 Å². The molecule has 0 bridgehead atoms. The minimum Gasteiger partial charge on any atom is -0.493 e. The summed E-state index contributed by atoms with van der Waals surface area (Å²) in [5, 5.41) is 2.74. The minimum atomic E-state index is -0.544. The van der Waals surface area contributed by atoms with Crippen LogP contribution in [-0.4, -0.2) is 44.0 Å². The maximum atomic E-state index is 12.5. The fourth-order valence-electron chi connectivity index (χ4n) is 3.41. The summed E-state index contributed by atoms with van der Waals surface area (Å²) in [6, 6.07) is 13.9. The number of amides is 2. The minimum absolute atomic E-state index is 0.395. The number of methoxy groups -OCH3 is 2. The zero-order valence-electron chi connectivity index (χ0n) is 16.4. The van der Waals surface area contributed by atoms with E-state index in [9.17, 15) is 9.59 Å². The maximum absolute atomic E-state index is 12.5. The molecule has 2 aromatic rings. The number of benzene rings is 2. The summed E-state index contributed by atoms with van der Waals surface area (Å²) in [6.07, 6.45) is 2.35. The number of hydrogen-bond donors (Lipinski definition) is 1. The van der Waals surface area contributed by atoms with Crippen LogP contribution < -0.4 is 14.8 Å². The average Bonchev–Trinajstić information content (AvgIpc) is 2.75. The fourth-order valence-corrected chi connectivity index (χ4v) is 3.41. The van der Waals surface area contributed by atoms with Crippen molar-refractivity contribution in [2.45, 2.75) is 25.8 Å². The van der Waals surface area contributed by atoms with Crippen molar-refractivity contribution in [3.63, 3.8) is 0 Å². The number of rotatable bonds is 6. The van der Waals surface area contributed by atoms with Gasteiger partial charge in [0.25, 0.3) is 0 Å². The molecule has 6 nitrogen and oxygen atoms in total. The molecule has 0 aliphatic carbocycles. The van der Waals surface area contributed by atoms with Gasteiger partial charge in [-0.3, -0.25) is 9.59 Å². The molecule has 0 fully saturated rings. The normalized spacial score (nSPS) is 12.9. The molecular weight excluding hydrogens is 356 g/mol. The lowest BCUT2D eigenvalue weighted by Crippen LogP contribution is -2.45. The van der Waals surface area contributed by atoms with E-state index in [1.807, 2.05) is 30.3 Å². The first kappa shape index (κ1) is 19.7. The monoisotopic (exact) mass is 382 g/mol. The van der Waals surface area contributed by atoms with E-state index in [-0.39, 0.29) is 0 Å². The third-order valence-electron chi connectivity index (χ3n) is 4.97. The Balaban J connectivity index is 1.52. The topological polar surface area (TPSA) is 67.9 Å². The standard InChI is InChI=1S/C22H26N2O4/c1-27-19-13-17-10-12-24(15-18(17)14-20(19)28-2)22(26)21(25)23-11-6-9-16-7-4-3-5-8-16/h3-5,7-8,13-14H,6,9-12,15H2,1-2H3,(H,23,25). The third-order valence-corrected chi connectivity index (χ3v) is 4.97. The summed E-state index contributed by atoms with van der Waals surface area (Å²) < 4.78 is 10.7. The van der Waals surface area contributed by atoms with Crippen molar-refractivity contribution in [3.8, 4) is 11.5 Å². The highest BCUT2D eigenvalue weighted by Crippen LogP contribution is 2.33. The van der Waals surface area contributed by atoms with E-state index in [2.05, 4.69) is 17.4 Å². The molecule has 1 aliphatic heterocycles. The van der Waals surface area contributed by atoms with Crippen LogP contribution in [0.5, 0.6) is 11.5 Å². The molecule has 0 atom stereocenters. The molecule has 3 rings (SSSR count). The summed E-state index contributed by atoms with van der Waals surface area (Å²) in [4.78, 5) is 26.3. The molecule has 0 radical (unpaired) electrons. The van der Waals surface area contributed by atoms with Crippen molar-refractivity contribution < 1.29 is 19.1 Å². The molecule has 2 amide bonds. The zero-order valence-corrected chi connectivity index (χ0v) is 16.4. The number of carbonyl (C=O) groups is 2. The van der Waals surface area contributed by atoms with E-state index in [0.717, 1.165) is 24.0 Å². The van der Waals surface area contributed by atoms with Gasteiger partial charge in [0, 0.05) is 19.6 Å². The van der Waals surface area contributed by atoms with E-state index < -0.39 is 11.8 Å². The second-order valence-electron chi connectivity index (χ2n) is 6.80. The quantitative estimate of drug-likeness (QED) is 0.615. The number of carbonyl (C=O) groups excluding carboxylic acids is 2. The van der Waals surface area contributed by atoms with E-state index in [0.29, 0.717) is 37.6 Å². The van der Waals surface area contributed by atoms with Gasteiger partial charge in [-0.2, -0.15) is 0 Å². The molecule has 28 heavy (non-hydrogen) atoms. The predicted octanol–water partition coefficient (Wildman–Crippen LogP) is 2.34. The number of aryl methyl sites for hydroxylation is 1. The van der Waals surface area contributed by atoms with Gasteiger partial charge in [-0.05, 0) is 48.1 Å². The molecule has 2 aromatic carbocycles. The Morgan fingerprint density at radius 1 is 1.04 bits per heavy atom. The Hall–Kier alpha value is -3.02. The second-order valence-corrected chi connectivity index (χ2v) is 6.80. The van der Waals surface area contributed by atoms with Crippen LogP contribution in [0, 0.1) is 0 Å². The molecule has 0 aromatic heterocycles. The summed E-state index contributed by atoms with van der Waals surface area (Å²) in [5.41, 5.74) is 3.32. The lowest BCUT2D eigenvalue weighted by Gasteiger charge is -2.29. The van der Waals surface area contributed by atoms with Crippen LogP contribution in [0.15, 0.2) is 42.5 Å². The summed E-state index contributed by atoms with van der Waals surface area (Å²) in [7, 11) is 3.18. The van der Waals surface area contributed by atoms with E-state index in [1.54, 1.807) is 19.1 Å². The lowest BCUT2D eigenvalue weighted by molar-refractivity contribution is -0.146. The van der Waals surface area contributed by atoms with Crippen LogP contribution in [0.1, 0.15) is 23.1 Å². The molecule has 1 heterocycles. The number of nitrogens with one attached hydrogen (secondary N) is 1. The van der Waals surface area contributed by atoms with Crippen LogP contribution in [0.4, 0.5) is 0 Å². The second kappa shape index (κ2) is 9.26. The maximum Gasteiger partial charge on any atom is 0.312 e. The molecular formula is C22H26N2O4. The first-order valence-electron chi connectivity index (χ1n) is 9.47. The number of fused-ring (bicyclic) bond motifs is 1. The highest BCUT2D eigenvalue weighted by molar-refractivity contribution is 6.35. The van der Waals surface area contributed by atoms with Gasteiger partial charge in [-0.25, -0.2) is 0 Å². The molecule has 0 saturated carbocycles.